The highest BCUT2D eigenvalue weighted by molar-refractivity contribution is 5.85. The number of hydrogen-bond donors (Lipinski definition) is 1. The van der Waals surface area contributed by atoms with Gasteiger partial charge in [-0.25, -0.2) is 0 Å². The maximum Gasteiger partial charge on any atom is 0.225 e. The van der Waals surface area contributed by atoms with E-state index in [4.69, 9.17) is 4.74 Å². The quantitative estimate of drug-likeness (QED) is 0.796. The zero-order valence-corrected chi connectivity index (χ0v) is 18.2. The predicted octanol–water partition coefficient (Wildman–Crippen LogP) is 2.84. The van der Waals surface area contributed by atoms with E-state index in [0.717, 1.165) is 30.7 Å². The lowest BCUT2D eigenvalue weighted by atomic mass is 9.81. The fourth-order valence-corrected chi connectivity index (χ4v) is 4.94. The number of carbonyl (C=O) groups excluding carboxylic acids is 2. The van der Waals surface area contributed by atoms with E-state index < -0.39 is 0 Å². The first-order chi connectivity index (χ1) is 13.9. The van der Waals surface area contributed by atoms with Gasteiger partial charge in [-0.2, -0.15) is 0 Å². The summed E-state index contributed by atoms with van der Waals surface area (Å²) in [7, 11) is 7.63. The van der Waals surface area contributed by atoms with Gasteiger partial charge in [0.15, 0.2) is 0 Å². The van der Waals surface area contributed by atoms with Crippen LogP contribution in [-0.4, -0.2) is 62.5 Å². The summed E-state index contributed by atoms with van der Waals surface area (Å²) in [5, 5.41) is 3.37. The highest BCUT2D eigenvalue weighted by Crippen LogP contribution is 2.37. The number of amides is 2. The second-order valence-electron chi connectivity index (χ2n) is 8.79. The molecule has 1 aliphatic heterocycles. The Balaban J connectivity index is 1.77. The molecule has 3 rings (SSSR count). The molecule has 0 bridgehead atoms. The minimum atomic E-state index is -0.238. The van der Waals surface area contributed by atoms with Crippen LogP contribution in [0, 0.1) is 11.8 Å². The zero-order chi connectivity index (χ0) is 21.0. The van der Waals surface area contributed by atoms with E-state index >= 15 is 0 Å². The summed E-state index contributed by atoms with van der Waals surface area (Å²) in [6.07, 6.45) is 5.62. The molecule has 6 nitrogen and oxygen atoms in total. The van der Waals surface area contributed by atoms with E-state index in [9.17, 15) is 9.59 Å². The Kier molecular flexibility index (Phi) is 7.17. The molecule has 6 heteroatoms. The van der Waals surface area contributed by atoms with Crippen LogP contribution in [0.15, 0.2) is 24.3 Å². The molecule has 0 aromatic heterocycles. The second-order valence-corrected chi connectivity index (χ2v) is 8.79. The lowest BCUT2D eigenvalue weighted by molar-refractivity contribution is -0.142. The van der Waals surface area contributed by atoms with Gasteiger partial charge in [-0.15, -0.1) is 0 Å². The molecule has 4 unspecified atom stereocenters. The van der Waals surface area contributed by atoms with Crippen molar-refractivity contribution in [3.05, 3.63) is 29.8 Å². The molecule has 1 aliphatic carbocycles. The summed E-state index contributed by atoms with van der Waals surface area (Å²) in [6.45, 7) is 0.996. The van der Waals surface area contributed by atoms with Crippen molar-refractivity contribution < 1.29 is 14.3 Å². The van der Waals surface area contributed by atoms with Crippen molar-refractivity contribution in [3.63, 3.8) is 0 Å². The number of benzene rings is 1. The molecule has 0 spiro atoms. The van der Waals surface area contributed by atoms with Crippen molar-refractivity contribution in [1.82, 2.24) is 15.1 Å². The number of piperidine rings is 1. The molecule has 2 aliphatic rings. The van der Waals surface area contributed by atoms with Crippen LogP contribution in [0.1, 0.15) is 50.1 Å². The van der Waals surface area contributed by atoms with Crippen molar-refractivity contribution in [2.75, 3.05) is 34.8 Å². The van der Waals surface area contributed by atoms with E-state index in [2.05, 4.69) is 24.3 Å². The van der Waals surface area contributed by atoms with Crippen LogP contribution in [0.3, 0.4) is 0 Å². The van der Waals surface area contributed by atoms with Crippen LogP contribution in [0.25, 0.3) is 0 Å². The van der Waals surface area contributed by atoms with Crippen LogP contribution >= 0.6 is 0 Å². The maximum absolute atomic E-state index is 13.4. The van der Waals surface area contributed by atoms with Crippen molar-refractivity contribution in [3.8, 4) is 5.75 Å². The molecule has 1 aromatic rings. The monoisotopic (exact) mass is 401 g/mol. The Hall–Kier alpha value is -2.08. The molecular formula is C23H35N3O3. The van der Waals surface area contributed by atoms with Gasteiger partial charge in [0.05, 0.1) is 19.1 Å². The number of nitrogens with one attached hydrogen (secondary N) is 1. The van der Waals surface area contributed by atoms with Gasteiger partial charge in [0.25, 0.3) is 0 Å². The summed E-state index contributed by atoms with van der Waals surface area (Å²) in [4.78, 5) is 29.7. The van der Waals surface area contributed by atoms with Crippen molar-refractivity contribution >= 4 is 11.8 Å². The van der Waals surface area contributed by atoms with E-state index in [1.165, 1.54) is 12.8 Å². The fraction of sp³-hybridized carbons (Fsp3) is 0.652. The molecule has 1 saturated carbocycles. The number of rotatable bonds is 6. The molecule has 1 heterocycles. The minimum Gasteiger partial charge on any atom is -0.497 e. The first kappa shape index (κ1) is 21.6. The third-order valence-corrected chi connectivity index (χ3v) is 6.49. The fourth-order valence-electron chi connectivity index (χ4n) is 4.94. The number of carbonyl (C=O) groups is 2. The van der Waals surface area contributed by atoms with Gasteiger partial charge in [0, 0.05) is 26.1 Å². The molecule has 4 atom stereocenters. The van der Waals surface area contributed by atoms with Gasteiger partial charge < -0.3 is 19.9 Å². The Morgan fingerprint density at radius 3 is 2.52 bits per heavy atom. The summed E-state index contributed by atoms with van der Waals surface area (Å²) >= 11 is 0. The van der Waals surface area contributed by atoms with Crippen LogP contribution in [-0.2, 0) is 9.59 Å². The Morgan fingerprint density at radius 2 is 1.86 bits per heavy atom. The third-order valence-electron chi connectivity index (χ3n) is 6.49. The smallest absolute Gasteiger partial charge is 0.225 e. The van der Waals surface area contributed by atoms with Crippen LogP contribution in [0.2, 0.25) is 0 Å². The average Bonchev–Trinajstić information content (AvgIpc) is 2.71. The highest BCUT2D eigenvalue weighted by Gasteiger charge is 2.40. The number of hydrogen-bond acceptors (Lipinski definition) is 4. The molecule has 1 N–H and O–H groups in total. The summed E-state index contributed by atoms with van der Waals surface area (Å²) in [5.41, 5.74) is 0.981. The molecule has 2 amide bonds. The maximum atomic E-state index is 13.4. The molecule has 2 fully saturated rings. The first-order valence-corrected chi connectivity index (χ1v) is 10.8. The molecule has 160 valence electrons. The van der Waals surface area contributed by atoms with E-state index in [1.54, 1.807) is 12.0 Å². The van der Waals surface area contributed by atoms with Gasteiger partial charge in [-0.1, -0.05) is 25.0 Å². The largest absolute Gasteiger partial charge is 0.497 e. The number of likely N-dealkylation sites (tertiary alicyclic amines) is 1. The van der Waals surface area contributed by atoms with Crippen molar-refractivity contribution in [2.45, 2.75) is 50.6 Å². The van der Waals surface area contributed by atoms with Crippen LogP contribution < -0.4 is 10.1 Å². The predicted molar refractivity (Wildman–Crippen MR) is 114 cm³/mol. The number of methoxy groups -OCH3 is 1. The number of nitrogens with zero attached hydrogens (tertiary/aromatic N) is 2. The van der Waals surface area contributed by atoms with E-state index in [0.29, 0.717) is 18.8 Å². The summed E-state index contributed by atoms with van der Waals surface area (Å²) in [6, 6.07) is 7.70. The Morgan fingerprint density at radius 1 is 1.17 bits per heavy atom. The highest BCUT2D eigenvalue weighted by atomic mass is 16.5. The molecule has 29 heavy (non-hydrogen) atoms. The van der Waals surface area contributed by atoms with E-state index in [1.807, 2.05) is 31.3 Å². The lowest BCUT2D eigenvalue weighted by Gasteiger charge is -2.40. The van der Waals surface area contributed by atoms with Gasteiger partial charge in [-0.3, -0.25) is 9.59 Å². The van der Waals surface area contributed by atoms with Gasteiger partial charge in [0.2, 0.25) is 11.8 Å². The minimum absolute atomic E-state index is 0.0841. The van der Waals surface area contributed by atoms with Crippen molar-refractivity contribution in [2.24, 2.45) is 11.8 Å². The molecular weight excluding hydrogens is 366 g/mol. The molecule has 1 saturated heterocycles. The third kappa shape index (κ3) is 5.10. The SMILES string of the molecule is COc1ccc(C2C(C(=O)NC3CCCCC3CN(C)C)CCC(=O)N2C)cc1. The Bertz CT molecular complexity index is 704. The normalized spacial score (nSPS) is 27.8. The topological polar surface area (TPSA) is 61.9 Å². The van der Waals surface area contributed by atoms with Crippen molar-refractivity contribution in [1.29, 1.82) is 0 Å². The number of ether oxygens (including phenoxy) is 1. The standard InChI is InChI=1S/C23H35N3O3/c1-25(2)15-17-7-5-6-8-20(17)24-23(28)19-13-14-21(27)26(3)22(19)16-9-11-18(29-4)12-10-16/h9-12,17,19-20,22H,5-8,13-15H2,1-4H3,(H,24,28). The molecule has 0 radical (unpaired) electrons. The summed E-state index contributed by atoms with van der Waals surface area (Å²) in [5.74, 6) is 1.21. The zero-order valence-electron chi connectivity index (χ0n) is 18.2. The second kappa shape index (κ2) is 9.61. The van der Waals surface area contributed by atoms with E-state index in [-0.39, 0.29) is 29.8 Å². The Labute approximate surface area is 174 Å². The van der Waals surface area contributed by atoms with Crippen LogP contribution in [0.5, 0.6) is 5.75 Å². The van der Waals surface area contributed by atoms with Gasteiger partial charge in [-0.05, 0) is 57.0 Å². The van der Waals surface area contributed by atoms with Gasteiger partial charge >= 0.3 is 0 Å². The molecule has 1 aromatic carbocycles. The average molecular weight is 402 g/mol. The van der Waals surface area contributed by atoms with Crippen LogP contribution in [0.4, 0.5) is 0 Å². The first-order valence-electron chi connectivity index (χ1n) is 10.8. The summed E-state index contributed by atoms with van der Waals surface area (Å²) < 4.78 is 5.26. The lowest BCUT2D eigenvalue weighted by Crippen LogP contribution is -2.51. The van der Waals surface area contributed by atoms with Gasteiger partial charge in [0.1, 0.15) is 5.75 Å².